The number of hydrogen-bond donors (Lipinski definition) is 0. The number of methoxy groups -OCH3 is 1. The number of urea groups is 1. The molecule has 0 spiro atoms. The fourth-order valence-electron chi connectivity index (χ4n) is 4.71. The second kappa shape index (κ2) is 11.4. The van der Waals surface area contributed by atoms with Crippen molar-refractivity contribution in [3.63, 3.8) is 0 Å². The first-order valence-corrected chi connectivity index (χ1v) is 13.0. The molecule has 0 N–H and O–H groups in total. The van der Waals surface area contributed by atoms with Gasteiger partial charge in [0, 0.05) is 26.6 Å². The third-order valence-electron chi connectivity index (χ3n) is 7.03. The van der Waals surface area contributed by atoms with Crippen molar-refractivity contribution >= 4 is 35.3 Å². The SMILES string of the molecule is COc1ccccc1N(C[C@H]1CN(C(C)=O)CCO1)C(=O)Cc1noc(CN2C(=O)C(=O)N(CC3CC3)C2=O)n1. The number of amides is 6. The minimum atomic E-state index is -0.948. The fraction of sp³-hybridized carbons (Fsp3) is 0.500. The van der Waals surface area contributed by atoms with Gasteiger partial charge in [0.2, 0.25) is 17.7 Å². The summed E-state index contributed by atoms with van der Waals surface area (Å²) in [4.78, 5) is 71.9. The van der Waals surface area contributed by atoms with Crippen molar-refractivity contribution in [3.8, 4) is 5.75 Å². The van der Waals surface area contributed by atoms with E-state index in [0.717, 1.165) is 22.6 Å². The normalized spacial score (nSPS) is 19.4. The first-order chi connectivity index (χ1) is 19.2. The molecule has 0 unspecified atom stereocenters. The number of ether oxygens (including phenoxy) is 2. The molecule has 212 valence electrons. The number of aromatic nitrogens is 2. The highest BCUT2D eigenvalue weighted by atomic mass is 16.5. The van der Waals surface area contributed by atoms with E-state index in [-0.39, 0.29) is 55.5 Å². The highest BCUT2D eigenvalue weighted by molar-refractivity contribution is 6.44. The summed E-state index contributed by atoms with van der Waals surface area (Å²) in [6.45, 7) is 2.63. The van der Waals surface area contributed by atoms with E-state index < -0.39 is 23.9 Å². The Morgan fingerprint density at radius 3 is 2.60 bits per heavy atom. The predicted octanol–water partition coefficient (Wildman–Crippen LogP) is 0.602. The fourth-order valence-corrected chi connectivity index (χ4v) is 4.71. The van der Waals surface area contributed by atoms with Crippen LogP contribution in [0.4, 0.5) is 10.5 Å². The number of nitrogens with zero attached hydrogens (tertiary/aromatic N) is 6. The van der Waals surface area contributed by atoms with Crippen molar-refractivity contribution in [2.45, 2.75) is 38.8 Å². The van der Waals surface area contributed by atoms with E-state index in [0.29, 0.717) is 31.1 Å². The number of para-hydroxylation sites is 2. The van der Waals surface area contributed by atoms with E-state index in [4.69, 9.17) is 14.0 Å². The summed E-state index contributed by atoms with van der Waals surface area (Å²) >= 11 is 0. The summed E-state index contributed by atoms with van der Waals surface area (Å²) in [5, 5.41) is 3.85. The molecular weight excluding hydrogens is 524 g/mol. The zero-order valence-corrected chi connectivity index (χ0v) is 22.3. The highest BCUT2D eigenvalue weighted by Gasteiger charge is 2.46. The topological polar surface area (TPSA) is 156 Å². The highest BCUT2D eigenvalue weighted by Crippen LogP contribution is 2.32. The van der Waals surface area contributed by atoms with Crippen LogP contribution < -0.4 is 9.64 Å². The zero-order valence-electron chi connectivity index (χ0n) is 22.3. The molecule has 2 aromatic rings. The average molecular weight is 555 g/mol. The molecule has 40 heavy (non-hydrogen) atoms. The van der Waals surface area contributed by atoms with Crippen molar-refractivity contribution in [3.05, 3.63) is 36.0 Å². The third kappa shape index (κ3) is 5.81. The Hall–Kier alpha value is -4.33. The zero-order chi connectivity index (χ0) is 28.4. The summed E-state index contributed by atoms with van der Waals surface area (Å²) in [6, 6.07) is 6.30. The second-order valence-corrected chi connectivity index (χ2v) is 9.95. The van der Waals surface area contributed by atoms with Crippen LogP contribution in [0.15, 0.2) is 28.8 Å². The van der Waals surface area contributed by atoms with Crippen LogP contribution in [0.3, 0.4) is 0 Å². The standard InChI is InChI=1S/C26H30N6O8/c1-16(33)29-9-10-39-18(13-29)14-30(19-5-3-4-6-20(19)38-2)23(34)11-21-27-22(40-28-21)15-32-25(36)24(35)31(26(32)37)12-17-7-8-17/h3-6,17-18H,7-15H2,1-2H3/t18-/m1/s1. The Labute approximate surface area is 229 Å². The number of anilines is 1. The molecule has 1 aliphatic carbocycles. The number of hydrogen-bond acceptors (Lipinski definition) is 10. The summed E-state index contributed by atoms with van der Waals surface area (Å²) < 4.78 is 16.5. The van der Waals surface area contributed by atoms with E-state index in [1.54, 1.807) is 29.2 Å². The minimum Gasteiger partial charge on any atom is -0.495 e. The Balaban J connectivity index is 1.29. The van der Waals surface area contributed by atoms with Gasteiger partial charge in [0.1, 0.15) is 12.3 Å². The van der Waals surface area contributed by atoms with Gasteiger partial charge in [-0.3, -0.25) is 24.1 Å². The van der Waals surface area contributed by atoms with Gasteiger partial charge in [0.25, 0.3) is 0 Å². The van der Waals surface area contributed by atoms with E-state index in [1.165, 1.54) is 18.9 Å². The van der Waals surface area contributed by atoms with Crippen LogP contribution in [0.1, 0.15) is 31.5 Å². The van der Waals surface area contributed by atoms with Gasteiger partial charge in [-0.2, -0.15) is 4.98 Å². The van der Waals surface area contributed by atoms with Crippen molar-refractivity contribution in [1.82, 2.24) is 24.8 Å². The largest absolute Gasteiger partial charge is 0.495 e. The molecule has 1 aromatic carbocycles. The molecule has 2 aliphatic heterocycles. The van der Waals surface area contributed by atoms with Crippen LogP contribution in [0.5, 0.6) is 5.75 Å². The van der Waals surface area contributed by atoms with E-state index in [9.17, 15) is 24.0 Å². The number of imide groups is 2. The lowest BCUT2D eigenvalue weighted by molar-refractivity contribution is -0.143. The Bertz CT molecular complexity index is 1320. The smallest absolute Gasteiger partial charge is 0.334 e. The maximum atomic E-state index is 13.6. The summed E-state index contributed by atoms with van der Waals surface area (Å²) in [5.41, 5.74) is 0.504. The summed E-state index contributed by atoms with van der Waals surface area (Å²) in [6.07, 6.45) is 1.13. The Kier molecular flexibility index (Phi) is 7.78. The van der Waals surface area contributed by atoms with Crippen LogP contribution in [0.2, 0.25) is 0 Å². The van der Waals surface area contributed by atoms with Gasteiger partial charge in [0.05, 0.1) is 38.5 Å². The molecule has 1 atom stereocenters. The van der Waals surface area contributed by atoms with E-state index in [1.807, 2.05) is 0 Å². The monoisotopic (exact) mass is 554 g/mol. The maximum Gasteiger partial charge on any atom is 0.334 e. The molecule has 6 amide bonds. The van der Waals surface area contributed by atoms with E-state index >= 15 is 0 Å². The number of carbonyl (C=O) groups excluding carboxylic acids is 5. The van der Waals surface area contributed by atoms with Gasteiger partial charge in [-0.1, -0.05) is 17.3 Å². The predicted molar refractivity (Wildman–Crippen MR) is 136 cm³/mol. The number of morpholine rings is 1. The average Bonchev–Trinajstić information content (AvgIpc) is 3.64. The minimum absolute atomic E-state index is 0.0371. The number of benzene rings is 1. The van der Waals surface area contributed by atoms with Crippen LogP contribution >= 0.6 is 0 Å². The molecular formula is C26H30N6O8. The van der Waals surface area contributed by atoms with Crippen molar-refractivity contribution in [1.29, 1.82) is 0 Å². The lowest BCUT2D eigenvalue weighted by Gasteiger charge is -2.35. The molecule has 3 aliphatic rings. The van der Waals surface area contributed by atoms with Gasteiger partial charge < -0.3 is 23.8 Å². The first kappa shape index (κ1) is 27.2. The quantitative estimate of drug-likeness (QED) is 0.301. The first-order valence-electron chi connectivity index (χ1n) is 13.0. The van der Waals surface area contributed by atoms with Gasteiger partial charge >= 0.3 is 17.8 Å². The van der Waals surface area contributed by atoms with Crippen LogP contribution in [-0.2, 0) is 36.9 Å². The molecule has 2 saturated heterocycles. The number of rotatable bonds is 10. The Morgan fingerprint density at radius 1 is 1.12 bits per heavy atom. The summed E-state index contributed by atoms with van der Waals surface area (Å²) in [7, 11) is 1.50. The molecule has 14 nitrogen and oxygen atoms in total. The molecule has 0 radical (unpaired) electrons. The molecule has 1 aromatic heterocycles. The van der Waals surface area contributed by atoms with Crippen LogP contribution in [0.25, 0.3) is 0 Å². The summed E-state index contributed by atoms with van der Waals surface area (Å²) in [5.74, 6) is -1.62. The maximum absolute atomic E-state index is 13.6. The van der Waals surface area contributed by atoms with Crippen LogP contribution in [0, 0.1) is 5.92 Å². The van der Waals surface area contributed by atoms with Crippen LogP contribution in [-0.4, -0.2) is 100 Å². The van der Waals surface area contributed by atoms with E-state index in [2.05, 4.69) is 10.1 Å². The Morgan fingerprint density at radius 2 is 1.88 bits per heavy atom. The molecule has 1 saturated carbocycles. The van der Waals surface area contributed by atoms with Gasteiger partial charge in [-0.05, 0) is 30.9 Å². The second-order valence-electron chi connectivity index (χ2n) is 9.95. The van der Waals surface area contributed by atoms with Crippen molar-refractivity contribution in [2.75, 3.05) is 44.8 Å². The third-order valence-corrected chi connectivity index (χ3v) is 7.03. The molecule has 0 bridgehead atoms. The van der Waals surface area contributed by atoms with Gasteiger partial charge in [-0.15, -0.1) is 0 Å². The number of carbonyl (C=O) groups is 5. The van der Waals surface area contributed by atoms with Gasteiger partial charge in [0.15, 0.2) is 5.82 Å². The molecule has 3 heterocycles. The lowest BCUT2D eigenvalue weighted by atomic mass is 10.2. The van der Waals surface area contributed by atoms with Gasteiger partial charge in [-0.25, -0.2) is 9.69 Å². The van der Waals surface area contributed by atoms with Crippen molar-refractivity contribution < 1.29 is 38.0 Å². The van der Waals surface area contributed by atoms with Crippen molar-refractivity contribution in [2.24, 2.45) is 5.92 Å². The molecule has 3 fully saturated rings. The lowest BCUT2D eigenvalue weighted by Crippen LogP contribution is -2.50. The molecule has 14 heteroatoms. The molecule has 5 rings (SSSR count).